The Morgan fingerprint density at radius 1 is 0.962 bits per heavy atom. The van der Waals surface area contributed by atoms with Crippen molar-refractivity contribution in [2.45, 2.75) is 16.5 Å². The summed E-state index contributed by atoms with van der Waals surface area (Å²) < 4.78 is 14.8. The maximum atomic E-state index is 12.3. The molecule has 0 spiro atoms. The maximum Gasteiger partial charge on any atom is 0.338 e. The monoisotopic (exact) mass is 394 g/mol. The van der Waals surface area contributed by atoms with E-state index < -0.39 is 28.5 Å². The Balaban J connectivity index is 1.64. The van der Waals surface area contributed by atoms with Crippen LogP contribution in [-0.2, 0) is 14.2 Å². The quantitative estimate of drug-likeness (QED) is 0.572. The molecule has 1 aliphatic rings. The molecule has 2 aromatic rings. The van der Waals surface area contributed by atoms with Gasteiger partial charge in [-0.05, 0) is 24.3 Å². The Hall–Kier alpha value is -2.08. The van der Waals surface area contributed by atoms with Gasteiger partial charge in [0.25, 0.3) is 0 Å². The molecule has 136 valence electrons. The van der Waals surface area contributed by atoms with Crippen molar-refractivity contribution < 1.29 is 23.8 Å². The minimum absolute atomic E-state index is 0.0452. The van der Waals surface area contributed by atoms with Gasteiger partial charge in [-0.25, -0.2) is 9.59 Å². The molecular formula is C19H16Cl2O5. The first-order valence-corrected chi connectivity index (χ1v) is 8.70. The normalized spacial score (nSPS) is 21.2. The van der Waals surface area contributed by atoms with Crippen molar-refractivity contribution in [3.63, 3.8) is 0 Å². The van der Waals surface area contributed by atoms with E-state index in [2.05, 4.69) is 0 Å². The summed E-state index contributed by atoms with van der Waals surface area (Å²) in [5.74, 6) is -1.09. The molecule has 0 N–H and O–H groups in total. The van der Waals surface area contributed by atoms with Crippen LogP contribution >= 0.6 is 23.2 Å². The average molecular weight is 395 g/mol. The van der Waals surface area contributed by atoms with Crippen molar-refractivity contribution in [3.8, 4) is 0 Å². The summed E-state index contributed by atoms with van der Waals surface area (Å²) in [4.78, 5) is 24.4. The van der Waals surface area contributed by atoms with E-state index in [1.54, 1.807) is 60.7 Å². The predicted octanol–water partition coefficient (Wildman–Crippen LogP) is 3.64. The van der Waals surface area contributed by atoms with Crippen molar-refractivity contribution in [2.24, 2.45) is 0 Å². The average Bonchev–Trinajstić information content (AvgIpc) is 2.95. The van der Waals surface area contributed by atoms with E-state index in [4.69, 9.17) is 37.4 Å². The summed E-state index contributed by atoms with van der Waals surface area (Å²) in [7, 11) is 0. The summed E-state index contributed by atoms with van der Waals surface area (Å²) in [6, 6.07) is 17.0. The summed E-state index contributed by atoms with van der Waals surface area (Å²) in [6.45, 7) is -0.182. The number of ether oxygens (including phenoxy) is 3. The van der Waals surface area contributed by atoms with Crippen LogP contribution in [0.5, 0.6) is 0 Å². The van der Waals surface area contributed by atoms with Gasteiger partial charge in [-0.3, -0.25) is 0 Å². The van der Waals surface area contributed by atoms with E-state index >= 15 is 0 Å². The molecule has 5 nitrogen and oxygen atoms in total. The Labute approximate surface area is 160 Å². The van der Waals surface area contributed by atoms with Gasteiger partial charge in [0, 0.05) is 0 Å². The van der Waals surface area contributed by atoms with E-state index in [1.807, 2.05) is 0 Å². The Morgan fingerprint density at radius 2 is 1.50 bits per heavy atom. The van der Waals surface area contributed by atoms with Crippen LogP contribution in [0.2, 0.25) is 0 Å². The summed E-state index contributed by atoms with van der Waals surface area (Å²) >= 11 is 12.4. The van der Waals surface area contributed by atoms with Gasteiger partial charge in [0.15, 0.2) is 10.4 Å². The summed E-state index contributed by atoms with van der Waals surface area (Å²) in [5.41, 5.74) is 0.773. The highest BCUT2D eigenvalue weighted by atomic mass is 35.5. The van der Waals surface area contributed by atoms with Gasteiger partial charge in [-0.1, -0.05) is 59.6 Å². The van der Waals surface area contributed by atoms with E-state index in [-0.39, 0.29) is 13.2 Å². The minimum atomic E-state index is -1.42. The molecule has 0 aliphatic carbocycles. The van der Waals surface area contributed by atoms with Gasteiger partial charge in [0.05, 0.1) is 17.7 Å². The van der Waals surface area contributed by atoms with Crippen LogP contribution in [0.25, 0.3) is 0 Å². The van der Waals surface area contributed by atoms with E-state index in [0.29, 0.717) is 11.1 Å². The number of hydrogen-bond donors (Lipinski definition) is 0. The van der Waals surface area contributed by atoms with E-state index in [1.165, 1.54) is 0 Å². The second kappa shape index (κ2) is 8.08. The van der Waals surface area contributed by atoms with Crippen molar-refractivity contribution in [1.29, 1.82) is 0 Å². The lowest BCUT2D eigenvalue weighted by molar-refractivity contribution is -0.0287. The van der Waals surface area contributed by atoms with Gasteiger partial charge in [-0.15, -0.1) is 0 Å². The van der Waals surface area contributed by atoms with E-state index in [9.17, 15) is 9.59 Å². The lowest BCUT2D eigenvalue weighted by atomic mass is 10.1. The second-order valence-corrected chi connectivity index (χ2v) is 7.31. The third-order valence-electron chi connectivity index (χ3n) is 3.88. The molecule has 2 unspecified atom stereocenters. The zero-order valence-electron chi connectivity index (χ0n) is 13.6. The van der Waals surface area contributed by atoms with Crippen LogP contribution in [0.3, 0.4) is 0 Å². The minimum Gasteiger partial charge on any atom is -0.459 e. The molecular weight excluding hydrogens is 379 g/mol. The topological polar surface area (TPSA) is 61.8 Å². The van der Waals surface area contributed by atoms with Crippen LogP contribution in [-0.4, -0.2) is 41.7 Å². The van der Waals surface area contributed by atoms with Crippen molar-refractivity contribution in [3.05, 3.63) is 71.8 Å². The molecule has 1 aliphatic heterocycles. The fourth-order valence-corrected chi connectivity index (χ4v) is 3.03. The van der Waals surface area contributed by atoms with Crippen LogP contribution in [0.4, 0.5) is 0 Å². The fraction of sp³-hybridized carbons (Fsp3) is 0.263. The second-order valence-electron chi connectivity index (χ2n) is 5.77. The first-order chi connectivity index (χ1) is 12.5. The standard InChI is InChI=1S/C19H16Cl2O5/c20-19(21)12-25-15(11-24-17(22)13-7-3-1-4-8-13)16(19)26-18(23)14-9-5-2-6-10-14/h1-10,15-16H,11-12H2. The number of rotatable bonds is 5. The highest BCUT2D eigenvalue weighted by molar-refractivity contribution is 6.49. The molecule has 26 heavy (non-hydrogen) atoms. The zero-order valence-corrected chi connectivity index (χ0v) is 15.2. The number of esters is 2. The molecule has 2 aromatic carbocycles. The number of alkyl halides is 2. The fourth-order valence-electron chi connectivity index (χ4n) is 2.53. The molecule has 1 heterocycles. The van der Waals surface area contributed by atoms with Gasteiger partial charge >= 0.3 is 11.9 Å². The lowest BCUT2D eigenvalue weighted by Gasteiger charge is -2.24. The molecule has 0 amide bonds. The molecule has 1 saturated heterocycles. The number of carbonyl (C=O) groups excluding carboxylic acids is 2. The van der Waals surface area contributed by atoms with Crippen molar-refractivity contribution >= 4 is 35.1 Å². The van der Waals surface area contributed by atoms with E-state index in [0.717, 1.165) is 0 Å². The van der Waals surface area contributed by atoms with Crippen LogP contribution < -0.4 is 0 Å². The van der Waals surface area contributed by atoms with Gasteiger partial charge < -0.3 is 14.2 Å². The van der Waals surface area contributed by atoms with Gasteiger partial charge in [0.1, 0.15) is 12.7 Å². The number of benzene rings is 2. The van der Waals surface area contributed by atoms with Gasteiger partial charge in [-0.2, -0.15) is 0 Å². The Morgan fingerprint density at radius 3 is 2.08 bits per heavy atom. The highest BCUT2D eigenvalue weighted by Crippen LogP contribution is 2.37. The van der Waals surface area contributed by atoms with Crippen LogP contribution in [0.15, 0.2) is 60.7 Å². The largest absolute Gasteiger partial charge is 0.459 e. The summed E-state index contributed by atoms with van der Waals surface area (Å²) in [6.07, 6.45) is -1.73. The Bertz CT molecular complexity index is 764. The summed E-state index contributed by atoms with van der Waals surface area (Å²) in [5, 5.41) is 0. The van der Waals surface area contributed by atoms with Crippen molar-refractivity contribution in [1.82, 2.24) is 0 Å². The smallest absolute Gasteiger partial charge is 0.338 e. The maximum absolute atomic E-state index is 12.3. The molecule has 3 rings (SSSR count). The predicted molar refractivity (Wildman–Crippen MR) is 96.5 cm³/mol. The van der Waals surface area contributed by atoms with Crippen LogP contribution in [0.1, 0.15) is 20.7 Å². The third kappa shape index (κ3) is 4.36. The molecule has 0 aromatic heterocycles. The van der Waals surface area contributed by atoms with Crippen LogP contribution in [0, 0.1) is 0 Å². The molecule has 0 radical (unpaired) electrons. The third-order valence-corrected chi connectivity index (χ3v) is 4.52. The SMILES string of the molecule is O=C(OCC1OCC(Cl)(Cl)C1OC(=O)c1ccccc1)c1ccccc1. The zero-order chi connectivity index (χ0) is 18.6. The molecule has 2 atom stereocenters. The molecule has 7 heteroatoms. The number of halogens is 2. The van der Waals surface area contributed by atoms with Gasteiger partial charge in [0.2, 0.25) is 0 Å². The lowest BCUT2D eigenvalue weighted by Crippen LogP contribution is -2.41. The van der Waals surface area contributed by atoms with Crippen molar-refractivity contribution in [2.75, 3.05) is 13.2 Å². The first-order valence-electron chi connectivity index (χ1n) is 7.95. The Kier molecular flexibility index (Phi) is 5.81. The highest BCUT2D eigenvalue weighted by Gasteiger charge is 2.51. The number of carbonyl (C=O) groups is 2. The first kappa shape index (κ1) is 18.7. The molecule has 1 fully saturated rings. The number of hydrogen-bond acceptors (Lipinski definition) is 5. The molecule has 0 bridgehead atoms. The molecule has 0 saturated carbocycles.